The highest BCUT2D eigenvalue weighted by Gasteiger charge is 2.45. The molecule has 261 valence electrons. The van der Waals surface area contributed by atoms with E-state index in [1.807, 2.05) is 59.5 Å². The standard InChI is InChI=1S/C37H32N9O6/c38-33-31-32(22-6-9-25(10-7-22)52-24-4-2-1-3-5-24)42-45(34(31)40-21-39-33)15-14-30(48)44-18-16-43(17-19-44)23-8-11-26-27(20-23)37(51)46(36(26)50)28-12-13-29(47)41-35(28)49/h1-11,21,28H,12-19H2,(H2,38,39,40)(H,41,47,49). The minimum Gasteiger partial charge on any atom is -0.457 e. The maximum Gasteiger partial charge on any atom is 0.263 e. The highest BCUT2D eigenvalue weighted by Crippen LogP contribution is 2.33. The van der Waals surface area contributed by atoms with Crippen molar-refractivity contribution in [1.29, 1.82) is 0 Å². The number of imide groups is 2. The number of rotatable bonds is 8. The molecule has 1 radical (unpaired) electrons. The number of piperidine rings is 1. The lowest BCUT2D eigenvalue weighted by Crippen LogP contribution is -2.54. The number of nitrogens with two attached hydrogens (primary N) is 1. The lowest BCUT2D eigenvalue weighted by Gasteiger charge is -2.36. The first-order valence-corrected chi connectivity index (χ1v) is 16.9. The number of amides is 5. The quantitative estimate of drug-likeness (QED) is 0.227. The number of anilines is 2. The summed E-state index contributed by atoms with van der Waals surface area (Å²) in [6, 6.07) is 22.3. The fourth-order valence-corrected chi connectivity index (χ4v) is 6.82. The second-order valence-corrected chi connectivity index (χ2v) is 12.7. The molecule has 5 heterocycles. The number of fused-ring (bicyclic) bond motifs is 2. The van der Waals surface area contributed by atoms with Crippen LogP contribution in [0.15, 0.2) is 73.1 Å². The average molecular weight is 699 g/mol. The molecule has 2 aromatic heterocycles. The maximum atomic E-state index is 13.4. The van der Waals surface area contributed by atoms with Crippen molar-refractivity contribution >= 4 is 52.1 Å². The van der Waals surface area contributed by atoms with Gasteiger partial charge >= 0.3 is 0 Å². The predicted octanol–water partition coefficient (Wildman–Crippen LogP) is 2.81. The number of ether oxygens (including phenoxy) is 1. The van der Waals surface area contributed by atoms with Crippen LogP contribution in [0.1, 0.15) is 40.0 Å². The number of aryl methyl sites for hydroxylation is 1. The molecular weight excluding hydrogens is 666 g/mol. The summed E-state index contributed by atoms with van der Waals surface area (Å²) >= 11 is 0. The van der Waals surface area contributed by atoms with E-state index in [1.165, 1.54) is 6.33 Å². The van der Waals surface area contributed by atoms with Crippen molar-refractivity contribution in [1.82, 2.24) is 34.9 Å². The molecule has 15 heteroatoms. The minimum atomic E-state index is -1.04. The van der Waals surface area contributed by atoms with Gasteiger partial charge in [0.15, 0.2) is 5.65 Å². The van der Waals surface area contributed by atoms with E-state index in [9.17, 15) is 24.0 Å². The third kappa shape index (κ3) is 5.95. The zero-order valence-corrected chi connectivity index (χ0v) is 27.8. The van der Waals surface area contributed by atoms with Gasteiger partial charge in [0.2, 0.25) is 17.7 Å². The summed E-state index contributed by atoms with van der Waals surface area (Å²) in [5.41, 5.74) is 9.10. The Labute approximate surface area is 297 Å². The molecule has 1 atom stereocenters. The lowest BCUT2D eigenvalue weighted by molar-refractivity contribution is -0.136. The van der Waals surface area contributed by atoms with Gasteiger partial charge in [-0.3, -0.25) is 34.2 Å². The molecule has 5 aromatic rings. The number of piperazine rings is 1. The first-order chi connectivity index (χ1) is 25.2. The molecule has 52 heavy (non-hydrogen) atoms. The minimum absolute atomic E-state index is 0.0465. The van der Waals surface area contributed by atoms with Gasteiger partial charge in [-0.1, -0.05) is 18.2 Å². The van der Waals surface area contributed by atoms with Gasteiger partial charge in [-0.2, -0.15) is 5.10 Å². The van der Waals surface area contributed by atoms with Gasteiger partial charge in [0, 0.05) is 56.3 Å². The van der Waals surface area contributed by atoms with Crippen molar-refractivity contribution in [2.24, 2.45) is 0 Å². The molecule has 15 nitrogen and oxygen atoms in total. The number of nitrogens with one attached hydrogen (secondary N) is 1. The molecular formula is C37H32N9O6. The van der Waals surface area contributed by atoms with Crippen LogP contribution >= 0.6 is 0 Å². The summed E-state index contributed by atoms with van der Waals surface area (Å²) in [5.74, 6) is -0.645. The number of benzene rings is 3. The number of nitrogens with zero attached hydrogens (tertiary/aromatic N) is 7. The van der Waals surface area contributed by atoms with Gasteiger partial charge in [0.1, 0.15) is 35.4 Å². The zero-order valence-electron chi connectivity index (χ0n) is 27.8. The largest absolute Gasteiger partial charge is 0.457 e. The summed E-state index contributed by atoms with van der Waals surface area (Å²) in [7, 11) is 0. The third-order valence-electron chi connectivity index (χ3n) is 9.51. The Hall–Kier alpha value is -6.64. The Balaban J connectivity index is 0.909. The summed E-state index contributed by atoms with van der Waals surface area (Å²) in [4.78, 5) is 77.0. The molecule has 0 aliphatic carbocycles. The van der Waals surface area contributed by atoms with Crippen LogP contribution in [0.3, 0.4) is 0 Å². The molecule has 2 saturated heterocycles. The number of carbonyl (C=O) groups excluding carboxylic acids is 5. The highest BCUT2D eigenvalue weighted by atomic mass is 16.5. The van der Waals surface area contributed by atoms with Crippen LogP contribution in [0.4, 0.5) is 11.5 Å². The molecule has 2 fully saturated rings. The second kappa shape index (κ2) is 13.2. The van der Waals surface area contributed by atoms with Crippen LogP contribution in [0.2, 0.25) is 0 Å². The highest BCUT2D eigenvalue weighted by molar-refractivity contribution is 6.23. The molecule has 5 amide bonds. The molecule has 3 aromatic carbocycles. The van der Waals surface area contributed by atoms with Crippen LogP contribution in [-0.4, -0.2) is 91.3 Å². The first-order valence-electron chi connectivity index (χ1n) is 16.9. The predicted molar refractivity (Wildman–Crippen MR) is 187 cm³/mol. The first kappa shape index (κ1) is 32.6. The molecule has 3 aliphatic heterocycles. The van der Waals surface area contributed by atoms with Gasteiger partial charge in [-0.15, -0.1) is 0 Å². The van der Waals surface area contributed by atoms with Gasteiger partial charge in [-0.25, -0.2) is 14.6 Å². The Morgan fingerprint density at radius 2 is 1.65 bits per heavy atom. The van der Waals surface area contributed by atoms with Crippen LogP contribution in [-0.2, 0) is 20.9 Å². The second-order valence-electron chi connectivity index (χ2n) is 12.7. The summed E-state index contributed by atoms with van der Waals surface area (Å²) in [5, 5.41) is 7.61. The van der Waals surface area contributed by atoms with E-state index in [2.05, 4.69) is 21.4 Å². The zero-order chi connectivity index (χ0) is 35.9. The number of hydrogen-bond acceptors (Lipinski definition) is 11. The maximum absolute atomic E-state index is 13.4. The van der Waals surface area contributed by atoms with Crippen LogP contribution in [0.25, 0.3) is 22.3 Å². The van der Waals surface area contributed by atoms with Gasteiger partial charge < -0.3 is 20.3 Å². The number of carbonyl (C=O) groups is 5. The molecule has 0 spiro atoms. The molecule has 3 aliphatic rings. The summed E-state index contributed by atoms with van der Waals surface area (Å²) in [6.07, 6.45) is 1.69. The summed E-state index contributed by atoms with van der Waals surface area (Å²) < 4.78 is 7.61. The van der Waals surface area contributed by atoms with E-state index in [4.69, 9.17) is 15.6 Å². The SMILES string of the molecule is Nc1ncnc2c1c(-c1ccc(Oc3ccccc3)cc1)nn2CCC(=O)N1CCN(c2[c]c3c(cc2)C(=O)N(C2CCC(=O)NC2=O)C3=O)CC1. The van der Waals surface area contributed by atoms with Crippen LogP contribution in [0.5, 0.6) is 11.5 Å². The van der Waals surface area contributed by atoms with E-state index in [0.717, 1.165) is 16.2 Å². The monoisotopic (exact) mass is 698 g/mol. The summed E-state index contributed by atoms with van der Waals surface area (Å²) in [6.45, 7) is 2.14. The van der Waals surface area contributed by atoms with E-state index in [1.54, 1.807) is 21.7 Å². The fraction of sp³-hybridized carbons (Fsp3) is 0.243. The van der Waals surface area contributed by atoms with E-state index < -0.39 is 29.7 Å². The number of aromatic nitrogens is 4. The van der Waals surface area contributed by atoms with Crippen molar-refractivity contribution in [2.45, 2.75) is 31.8 Å². The molecule has 3 N–H and O–H groups in total. The smallest absolute Gasteiger partial charge is 0.263 e. The van der Waals surface area contributed by atoms with E-state index in [0.29, 0.717) is 54.3 Å². The molecule has 1 unspecified atom stereocenters. The lowest BCUT2D eigenvalue weighted by atomic mass is 10.0. The molecule has 8 rings (SSSR count). The van der Waals surface area contributed by atoms with Gasteiger partial charge in [0.25, 0.3) is 11.8 Å². The van der Waals surface area contributed by atoms with E-state index in [-0.39, 0.29) is 48.7 Å². The molecule has 0 saturated carbocycles. The van der Waals surface area contributed by atoms with Crippen molar-refractivity contribution in [3.8, 4) is 22.8 Å². The van der Waals surface area contributed by atoms with E-state index >= 15 is 0 Å². The molecule has 0 bridgehead atoms. The number of para-hydroxylation sites is 1. The Morgan fingerprint density at radius 1 is 0.904 bits per heavy atom. The Morgan fingerprint density at radius 3 is 2.40 bits per heavy atom. The van der Waals surface area contributed by atoms with Crippen LogP contribution < -0.4 is 20.7 Å². The third-order valence-corrected chi connectivity index (χ3v) is 9.51. The van der Waals surface area contributed by atoms with Gasteiger partial charge in [-0.05, 0) is 55.0 Å². The number of hydrogen-bond donors (Lipinski definition) is 2. The Kier molecular flexibility index (Phi) is 8.29. The van der Waals surface area contributed by atoms with Crippen LogP contribution in [0, 0.1) is 6.07 Å². The van der Waals surface area contributed by atoms with Gasteiger partial charge in [0.05, 0.1) is 23.1 Å². The average Bonchev–Trinajstić information content (AvgIpc) is 3.66. The van der Waals surface area contributed by atoms with Crippen molar-refractivity contribution in [3.05, 3.63) is 90.3 Å². The fourth-order valence-electron chi connectivity index (χ4n) is 6.82. The topological polar surface area (TPSA) is 186 Å². The van der Waals surface area contributed by atoms with Crippen molar-refractivity contribution in [2.75, 3.05) is 36.8 Å². The normalized spacial score (nSPS) is 17.5. The Bertz CT molecular complexity index is 2250. The number of nitrogen functional groups attached to an aromatic ring is 1. The van der Waals surface area contributed by atoms with Crippen molar-refractivity contribution in [3.63, 3.8) is 0 Å². The van der Waals surface area contributed by atoms with Crippen molar-refractivity contribution < 1.29 is 28.7 Å².